The molecule has 0 saturated carbocycles. The molecule has 0 aliphatic carbocycles. The van der Waals surface area contributed by atoms with Crippen LogP contribution in [0.4, 0.5) is 0 Å². The van der Waals surface area contributed by atoms with Gasteiger partial charge in [-0.05, 0) is 42.3 Å². The van der Waals surface area contributed by atoms with Crippen molar-refractivity contribution in [3.8, 4) is 23.0 Å². The van der Waals surface area contributed by atoms with E-state index < -0.39 is 5.91 Å². The predicted molar refractivity (Wildman–Crippen MR) is 103 cm³/mol. The van der Waals surface area contributed by atoms with Gasteiger partial charge in [0.05, 0.1) is 28.4 Å². The zero-order chi connectivity index (χ0) is 20.5. The largest absolute Gasteiger partial charge is 0.493 e. The molecule has 2 rings (SSSR count). The van der Waals surface area contributed by atoms with Crippen LogP contribution >= 0.6 is 0 Å². The van der Waals surface area contributed by atoms with Crippen LogP contribution < -0.4 is 29.8 Å². The minimum absolute atomic E-state index is 0.196. The average molecular weight is 388 g/mol. The van der Waals surface area contributed by atoms with E-state index in [9.17, 15) is 9.59 Å². The Balaban J connectivity index is 1.88. The Morgan fingerprint density at radius 2 is 1.32 bits per heavy atom. The number of methoxy groups -OCH3 is 4. The second kappa shape index (κ2) is 10.1. The molecule has 8 heteroatoms. The van der Waals surface area contributed by atoms with Crippen molar-refractivity contribution in [2.45, 2.75) is 12.8 Å². The molecule has 0 aliphatic rings. The summed E-state index contributed by atoms with van der Waals surface area (Å²) >= 11 is 0. The Hall–Kier alpha value is -3.42. The summed E-state index contributed by atoms with van der Waals surface area (Å²) in [5.41, 5.74) is 6.03. The first kappa shape index (κ1) is 20.9. The molecule has 2 aromatic rings. The number of carbonyl (C=O) groups excluding carboxylic acids is 2. The van der Waals surface area contributed by atoms with Gasteiger partial charge in [0.2, 0.25) is 5.91 Å². The van der Waals surface area contributed by atoms with E-state index in [2.05, 4.69) is 10.9 Å². The summed E-state index contributed by atoms with van der Waals surface area (Å²) in [5.74, 6) is 1.39. The van der Waals surface area contributed by atoms with Crippen LogP contribution in [-0.4, -0.2) is 40.3 Å². The molecule has 0 spiro atoms. The molecule has 0 heterocycles. The fourth-order valence-electron chi connectivity index (χ4n) is 2.53. The van der Waals surface area contributed by atoms with Crippen LogP contribution in [0.2, 0.25) is 0 Å². The predicted octanol–water partition coefficient (Wildman–Crippen LogP) is 2.11. The van der Waals surface area contributed by atoms with E-state index in [-0.39, 0.29) is 12.3 Å². The zero-order valence-corrected chi connectivity index (χ0v) is 16.3. The second-order valence-corrected chi connectivity index (χ2v) is 5.76. The topological polar surface area (TPSA) is 95.1 Å². The third-order valence-corrected chi connectivity index (χ3v) is 4.05. The van der Waals surface area contributed by atoms with Gasteiger partial charge in [-0.2, -0.15) is 0 Å². The number of ether oxygens (including phenoxy) is 4. The summed E-state index contributed by atoms with van der Waals surface area (Å²) in [7, 11) is 6.11. The number of amides is 2. The van der Waals surface area contributed by atoms with Gasteiger partial charge in [0.15, 0.2) is 23.0 Å². The number of hydrogen-bond acceptors (Lipinski definition) is 6. The molecule has 0 bridgehead atoms. The van der Waals surface area contributed by atoms with Crippen LogP contribution in [0.15, 0.2) is 36.4 Å². The molecular weight excluding hydrogens is 364 g/mol. The van der Waals surface area contributed by atoms with Crippen LogP contribution in [0.1, 0.15) is 22.3 Å². The SMILES string of the molecule is COc1ccc(CCC(=O)NNC(=O)c2ccc(OC)c(OC)c2)cc1OC. The van der Waals surface area contributed by atoms with Gasteiger partial charge in [-0.15, -0.1) is 0 Å². The highest BCUT2D eigenvalue weighted by atomic mass is 16.5. The standard InChI is InChI=1S/C20H24N2O6/c1-25-15-8-5-13(11-17(15)27-3)6-10-19(23)21-22-20(24)14-7-9-16(26-2)18(12-14)28-4/h5,7-9,11-12H,6,10H2,1-4H3,(H,21,23)(H,22,24). The molecule has 0 atom stereocenters. The van der Waals surface area contributed by atoms with Crippen molar-refractivity contribution in [3.63, 3.8) is 0 Å². The minimum atomic E-state index is -0.458. The second-order valence-electron chi connectivity index (χ2n) is 5.76. The minimum Gasteiger partial charge on any atom is -0.493 e. The molecule has 0 aromatic heterocycles. The van der Waals surface area contributed by atoms with Gasteiger partial charge in [0.1, 0.15) is 0 Å². The average Bonchev–Trinajstić information content (AvgIpc) is 2.74. The summed E-state index contributed by atoms with van der Waals surface area (Å²) in [6.45, 7) is 0. The highest BCUT2D eigenvalue weighted by Crippen LogP contribution is 2.28. The molecule has 0 unspecified atom stereocenters. The molecule has 28 heavy (non-hydrogen) atoms. The van der Waals surface area contributed by atoms with Crippen molar-refractivity contribution >= 4 is 11.8 Å². The van der Waals surface area contributed by atoms with Crippen molar-refractivity contribution in [1.82, 2.24) is 10.9 Å². The molecule has 2 amide bonds. The molecule has 2 N–H and O–H groups in total. The maximum absolute atomic E-state index is 12.2. The lowest BCUT2D eigenvalue weighted by atomic mass is 10.1. The van der Waals surface area contributed by atoms with Crippen molar-refractivity contribution in [2.75, 3.05) is 28.4 Å². The number of rotatable bonds is 8. The summed E-state index contributed by atoms with van der Waals surface area (Å²) in [5, 5.41) is 0. The quantitative estimate of drug-likeness (QED) is 0.673. The fraction of sp³-hybridized carbons (Fsp3) is 0.300. The normalized spacial score (nSPS) is 10.0. The number of hydrogen-bond donors (Lipinski definition) is 2. The molecule has 0 aliphatic heterocycles. The maximum Gasteiger partial charge on any atom is 0.269 e. The van der Waals surface area contributed by atoms with E-state index in [1.54, 1.807) is 32.4 Å². The Morgan fingerprint density at radius 3 is 1.93 bits per heavy atom. The van der Waals surface area contributed by atoms with E-state index in [0.29, 0.717) is 35.0 Å². The number of aryl methyl sites for hydroxylation is 1. The fourth-order valence-corrected chi connectivity index (χ4v) is 2.53. The van der Waals surface area contributed by atoms with Gasteiger partial charge in [-0.25, -0.2) is 0 Å². The smallest absolute Gasteiger partial charge is 0.269 e. The Labute approximate surface area is 163 Å². The van der Waals surface area contributed by atoms with Crippen LogP contribution in [0, 0.1) is 0 Å². The first-order valence-electron chi connectivity index (χ1n) is 8.54. The van der Waals surface area contributed by atoms with E-state index in [4.69, 9.17) is 18.9 Å². The third kappa shape index (κ3) is 5.29. The van der Waals surface area contributed by atoms with Gasteiger partial charge >= 0.3 is 0 Å². The lowest BCUT2D eigenvalue weighted by Crippen LogP contribution is -2.41. The lowest BCUT2D eigenvalue weighted by molar-refractivity contribution is -0.121. The van der Waals surface area contributed by atoms with Crippen LogP contribution in [0.3, 0.4) is 0 Å². The number of benzene rings is 2. The van der Waals surface area contributed by atoms with E-state index >= 15 is 0 Å². The summed E-state index contributed by atoms with van der Waals surface area (Å²) < 4.78 is 20.7. The van der Waals surface area contributed by atoms with E-state index in [0.717, 1.165) is 5.56 Å². The summed E-state index contributed by atoms with van der Waals surface area (Å²) in [4.78, 5) is 24.2. The first-order chi connectivity index (χ1) is 13.5. The van der Waals surface area contributed by atoms with Crippen molar-refractivity contribution in [1.29, 1.82) is 0 Å². The maximum atomic E-state index is 12.2. The van der Waals surface area contributed by atoms with Gasteiger partial charge in [0, 0.05) is 12.0 Å². The zero-order valence-electron chi connectivity index (χ0n) is 16.3. The van der Waals surface area contributed by atoms with Crippen LogP contribution in [0.5, 0.6) is 23.0 Å². The number of nitrogens with one attached hydrogen (secondary N) is 2. The Bertz CT molecular complexity index is 837. The molecule has 2 aromatic carbocycles. The Kier molecular flexibility index (Phi) is 7.50. The highest BCUT2D eigenvalue weighted by molar-refractivity contribution is 5.96. The van der Waals surface area contributed by atoms with Gasteiger partial charge < -0.3 is 18.9 Å². The van der Waals surface area contributed by atoms with Crippen LogP contribution in [0.25, 0.3) is 0 Å². The lowest BCUT2D eigenvalue weighted by Gasteiger charge is -2.11. The molecule has 0 saturated heterocycles. The molecular formula is C20H24N2O6. The van der Waals surface area contributed by atoms with Gasteiger partial charge in [-0.3, -0.25) is 20.4 Å². The summed E-state index contributed by atoms with van der Waals surface area (Å²) in [6.07, 6.45) is 0.681. The van der Waals surface area contributed by atoms with Crippen molar-refractivity contribution in [3.05, 3.63) is 47.5 Å². The molecule has 0 fully saturated rings. The molecule has 0 radical (unpaired) electrons. The Morgan fingerprint density at radius 1 is 0.750 bits per heavy atom. The van der Waals surface area contributed by atoms with Gasteiger partial charge in [-0.1, -0.05) is 6.07 Å². The first-order valence-corrected chi connectivity index (χ1v) is 8.54. The summed E-state index contributed by atoms with van der Waals surface area (Å²) in [6, 6.07) is 10.2. The van der Waals surface area contributed by atoms with E-state index in [1.165, 1.54) is 20.3 Å². The van der Waals surface area contributed by atoms with E-state index in [1.807, 2.05) is 12.1 Å². The van der Waals surface area contributed by atoms with Gasteiger partial charge in [0.25, 0.3) is 5.91 Å². The van der Waals surface area contributed by atoms with Crippen molar-refractivity contribution in [2.24, 2.45) is 0 Å². The third-order valence-electron chi connectivity index (χ3n) is 4.05. The molecule has 8 nitrogen and oxygen atoms in total. The monoisotopic (exact) mass is 388 g/mol. The van der Waals surface area contributed by atoms with Crippen molar-refractivity contribution < 1.29 is 28.5 Å². The number of hydrazine groups is 1. The van der Waals surface area contributed by atoms with Crippen LogP contribution in [-0.2, 0) is 11.2 Å². The molecule has 150 valence electrons. The number of carbonyl (C=O) groups is 2. The highest BCUT2D eigenvalue weighted by Gasteiger charge is 2.12.